The van der Waals surface area contributed by atoms with Gasteiger partial charge in [-0.15, -0.1) is 0 Å². The minimum Gasteiger partial charge on any atom is -0.411 e. The predicted octanol–water partition coefficient (Wildman–Crippen LogP) is 4.71. The van der Waals surface area contributed by atoms with Gasteiger partial charge in [-0.1, -0.05) is 71.9 Å². The molecule has 3 rings (SSSR count). The normalized spacial score (nSPS) is 11.8. The van der Waals surface area contributed by atoms with Gasteiger partial charge in [-0.05, 0) is 34.4 Å². The van der Waals surface area contributed by atoms with E-state index in [1.807, 2.05) is 12.1 Å². The van der Waals surface area contributed by atoms with E-state index in [0.717, 1.165) is 11.1 Å². The van der Waals surface area contributed by atoms with Crippen LogP contribution in [-0.2, 0) is 0 Å². The second-order valence-electron chi connectivity index (χ2n) is 4.79. The van der Waals surface area contributed by atoms with Crippen LogP contribution in [0.3, 0.4) is 0 Å². The molecular formula is C18H15NO. The lowest BCUT2D eigenvalue weighted by Crippen LogP contribution is -1.93. The summed E-state index contributed by atoms with van der Waals surface area (Å²) in [4.78, 5) is 0. The number of hydrogen-bond acceptors (Lipinski definition) is 2. The third kappa shape index (κ3) is 2.16. The van der Waals surface area contributed by atoms with Gasteiger partial charge in [0.2, 0.25) is 0 Å². The average molecular weight is 261 g/mol. The van der Waals surface area contributed by atoms with Crippen LogP contribution in [0.15, 0.2) is 71.9 Å². The Hall–Kier alpha value is -2.61. The molecule has 0 spiro atoms. The predicted molar refractivity (Wildman–Crippen MR) is 83.4 cm³/mol. The zero-order valence-electron chi connectivity index (χ0n) is 11.2. The van der Waals surface area contributed by atoms with Gasteiger partial charge < -0.3 is 5.21 Å². The van der Waals surface area contributed by atoms with E-state index in [9.17, 15) is 0 Å². The Morgan fingerprint density at radius 3 is 2.30 bits per heavy atom. The van der Waals surface area contributed by atoms with Crippen LogP contribution in [0, 0.1) is 0 Å². The van der Waals surface area contributed by atoms with Crippen LogP contribution in [0.25, 0.3) is 21.9 Å². The van der Waals surface area contributed by atoms with Crippen LogP contribution in [0.5, 0.6) is 0 Å². The molecule has 2 nitrogen and oxygen atoms in total. The van der Waals surface area contributed by atoms with Crippen molar-refractivity contribution < 1.29 is 5.21 Å². The fourth-order valence-electron chi connectivity index (χ4n) is 2.43. The van der Waals surface area contributed by atoms with E-state index in [2.05, 4.69) is 59.8 Å². The molecule has 0 aliphatic heterocycles. The van der Waals surface area contributed by atoms with Gasteiger partial charge in [0.1, 0.15) is 0 Å². The Kier molecular flexibility index (Phi) is 3.21. The largest absolute Gasteiger partial charge is 0.411 e. The molecule has 20 heavy (non-hydrogen) atoms. The molecule has 0 heterocycles. The highest BCUT2D eigenvalue weighted by molar-refractivity contribution is 6.00. The Balaban J connectivity index is 2.12. The fourth-order valence-corrected chi connectivity index (χ4v) is 2.43. The maximum Gasteiger partial charge on any atom is 0.0836 e. The Bertz CT molecular complexity index is 768. The summed E-state index contributed by atoms with van der Waals surface area (Å²) in [6, 6.07) is 22.8. The molecule has 0 saturated carbocycles. The number of benzene rings is 3. The molecule has 3 aromatic carbocycles. The first-order valence-corrected chi connectivity index (χ1v) is 6.57. The maximum absolute atomic E-state index is 8.80. The van der Waals surface area contributed by atoms with Gasteiger partial charge in [-0.2, -0.15) is 0 Å². The molecule has 0 aliphatic carbocycles. The molecule has 98 valence electrons. The van der Waals surface area contributed by atoms with Crippen LogP contribution in [0.1, 0.15) is 12.5 Å². The molecule has 0 fully saturated rings. The summed E-state index contributed by atoms with van der Waals surface area (Å²) in [5.41, 5.74) is 3.93. The molecule has 0 amide bonds. The van der Waals surface area contributed by atoms with Crippen LogP contribution in [-0.4, -0.2) is 10.9 Å². The van der Waals surface area contributed by atoms with Crippen LogP contribution in [0.2, 0.25) is 0 Å². The first kappa shape index (κ1) is 12.4. The van der Waals surface area contributed by atoms with Gasteiger partial charge >= 0.3 is 0 Å². The Morgan fingerprint density at radius 2 is 1.55 bits per heavy atom. The smallest absolute Gasteiger partial charge is 0.0836 e. The molecule has 2 heteroatoms. The minimum absolute atomic E-state index is 0.620. The van der Waals surface area contributed by atoms with Crippen molar-refractivity contribution in [2.24, 2.45) is 5.16 Å². The first-order chi connectivity index (χ1) is 9.79. The van der Waals surface area contributed by atoms with Crippen molar-refractivity contribution >= 4 is 16.5 Å². The van der Waals surface area contributed by atoms with Gasteiger partial charge in [0.25, 0.3) is 0 Å². The molecule has 0 unspecified atom stereocenters. The van der Waals surface area contributed by atoms with E-state index in [1.165, 1.54) is 16.3 Å². The summed E-state index contributed by atoms with van der Waals surface area (Å²) in [6.07, 6.45) is 0. The molecule has 0 radical (unpaired) electrons. The van der Waals surface area contributed by atoms with E-state index in [-0.39, 0.29) is 0 Å². The van der Waals surface area contributed by atoms with E-state index in [0.29, 0.717) is 5.71 Å². The lowest BCUT2D eigenvalue weighted by Gasteiger charge is -2.07. The third-order valence-electron chi connectivity index (χ3n) is 3.55. The van der Waals surface area contributed by atoms with Crippen molar-refractivity contribution in [2.75, 3.05) is 0 Å². The fraction of sp³-hybridized carbons (Fsp3) is 0.0556. The van der Waals surface area contributed by atoms with E-state index < -0.39 is 0 Å². The Labute approximate surface area is 118 Å². The van der Waals surface area contributed by atoms with E-state index in [4.69, 9.17) is 5.21 Å². The number of rotatable bonds is 2. The van der Waals surface area contributed by atoms with Crippen molar-refractivity contribution in [3.05, 3.63) is 72.3 Å². The summed E-state index contributed by atoms with van der Waals surface area (Å²) < 4.78 is 0. The summed E-state index contributed by atoms with van der Waals surface area (Å²) in [6.45, 7) is 1.78. The van der Waals surface area contributed by atoms with Gasteiger partial charge in [0.15, 0.2) is 0 Å². The summed E-state index contributed by atoms with van der Waals surface area (Å²) in [5.74, 6) is 0. The monoisotopic (exact) mass is 261 g/mol. The van der Waals surface area contributed by atoms with Crippen molar-refractivity contribution in [1.82, 2.24) is 0 Å². The quantitative estimate of drug-likeness (QED) is 0.404. The van der Waals surface area contributed by atoms with Crippen LogP contribution in [0.4, 0.5) is 0 Å². The minimum atomic E-state index is 0.620. The SMILES string of the molecule is CC(=NO)c1ccc(-c2cccc3ccccc23)cc1. The summed E-state index contributed by atoms with van der Waals surface area (Å²) in [5, 5.41) is 14.5. The molecule has 0 aromatic heterocycles. The van der Waals surface area contributed by atoms with Crippen molar-refractivity contribution in [3.63, 3.8) is 0 Å². The molecule has 0 saturated heterocycles. The van der Waals surface area contributed by atoms with Crippen LogP contribution >= 0.6 is 0 Å². The Morgan fingerprint density at radius 1 is 0.850 bits per heavy atom. The zero-order chi connectivity index (χ0) is 13.9. The summed E-state index contributed by atoms with van der Waals surface area (Å²) in [7, 11) is 0. The maximum atomic E-state index is 8.80. The van der Waals surface area contributed by atoms with Gasteiger partial charge in [0.05, 0.1) is 5.71 Å². The van der Waals surface area contributed by atoms with Crippen molar-refractivity contribution in [1.29, 1.82) is 0 Å². The number of hydrogen-bond donors (Lipinski definition) is 1. The van der Waals surface area contributed by atoms with Gasteiger partial charge in [-0.3, -0.25) is 0 Å². The number of oxime groups is 1. The molecule has 3 aromatic rings. The third-order valence-corrected chi connectivity index (χ3v) is 3.55. The molecule has 0 atom stereocenters. The van der Waals surface area contributed by atoms with Crippen molar-refractivity contribution in [2.45, 2.75) is 6.92 Å². The second kappa shape index (κ2) is 5.17. The van der Waals surface area contributed by atoms with Gasteiger partial charge in [0, 0.05) is 0 Å². The van der Waals surface area contributed by atoms with E-state index >= 15 is 0 Å². The molecular weight excluding hydrogens is 246 g/mol. The summed E-state index contributed by atoms with van der Waals surface area (Å²) >= 11 is 0. The first-order valence-electron chi connectivity index (χ1n) is 6.57. The molecule has 0 bridgehead atoms. The highest BCUT2D eigenvalue weighted by Gasteiger charge is 2.04. The number of fused-ring (bicyclic) bond motifs is 1. The molecule has 0 aliphatic rings. The molecule has 1 N–H and O–H groups in total. The number of nitrogens with zero attached hydrogens (tertiary/aromatic N) is 1. The van der Waals surface area contributed by atoms with E-state index in [1.54, 1.807) is 6.92 Å². The topological polar surface area (TPSA) is 32.6 Å². The van der Waals surface area contributed by atoms with Crippen molar-refractivity contribution in [3.8, 4) is 11.1 Å². The zero-order valence-corrected chi connectivity index (χ0v) is 11.2. The highest BCUT2D eigenvalue weighted by Crippen LogP contribution is 2.28. The van der Waals surface area contributed by atoms with Crippen LogP contribution < -0.4 is 0 Å². The van der Waals surface area contributed by atoms with Gasteiger partial charge in [-0.25, -0.2) is 0 Å². The average Bonchev–Trinajstić information content (AvgIpc) is 2.54. The highest BCUT2D eigenvalue weighted by atomic mass is 16.4. The standard InChI is InChI=1S/C18H15NO/c1-13(19-20)14-9-11-16(12-10-14)18-8-4-6-15-5-2-3-7-17(15)18/h2-12,20H,1H3. The lowest BCUT2D eigenvalue weighted by atomic mass is 9.97. The second-order valence-corrected chi connectivity index (χ2v) is 4.79. The lowest BCUT2D eigenvalue weighted by molar-refractivity contribution is 0.319.